The lowest BCUT2D eigenvalue weighted by Crippen LogP contribution is -2.29. The molecule has 0 bridgehead atoms. The van der Waals surface area contributed by atoms with E-state index in [4.69, 9.17) is 5.73 Å². The Balaban J connectivity index is 2.41. The summed E-state index contributed by atoms with van der Waals surface area (Å²) in [6.45, 7) is 4.22. The van der Waals surface area contributed by atoms with E-state index in [1.807, 2.05) is 0 Å². The van der Waals surface area contributed by atoms with Gasteiger partial charge in [0.25, 0.3) is 0 Å². The minimum atomic E-state index is 0.249. The minimum Gasteiger partial charge on any atom is -0.327 e. The predicted octanol–water partition coefficient (Wildman–Crippen LogP) is 1.76. The van der Waals surface area contributed by atoms with Crippen molar-refractivity contribution >= 4 is 23.1 Å². The van der Waals surface area contributed by atoms with Crippen LogP contribution in [0, 0.1) is 0 Å². The van der Waals surface area contributed by atoms with Crippen molar-refractivity contribution in [1.82, 2.24) is 10.2 Å². The molecule has 2 N–H and O–H groups in total. The molecule has 1 heterocycles. The van der Waals surface area contributed by atoms with Crippen LogP contribution in [0.2, 0.25) is 0 Å². The zero-order chi connectivity index (χ0) is 8.97. The van der Waals surface area contributed by atoms with E-state index in [0.717, 1.165) is 10.8 Å². The molecule has 0 aromatic carbocycles. The molecule has 0 spiro atoms. The van der Waals surface area contributed by atoms with E-state index in [9.17, 15) is 0 Å². The summed E-state index contributed by atoms with van der Waals surface area (Å²) in [5.41, 5.74) is 7.61. The molecule has 0 saturated carbocycles. The monoisotopic (exact) mass is 203 g/mol. The van der Waals surface area contributed by atoms with Crippen molar-refractivity contribution in [2.24, 2.45) is 5.73 Å². The lowest BCUT2D eigenvalue weighted by Gasteiger charge is -2.15. The normalized spacial score (nSPS) is 15.9. The van der Waals surface area contributed by atoms with Crippen molar-refractivity contribution in [3.8, 4) is 0 Å². The Morgan fingerprint density at radius 3 is 3.00 bits per heavy atom. The molecule has 5 heteroatoms. The van der Waals surface area contributed by atoms with Gasteiger partial charge in [-0.05, 0) is 6.42 Å². The molecule has 0 fully saturated rings. The maximum absolute atomic E-state index is 5.87. The highest BCUT2D eigenvalue weighted by molar-refractivity contribution is 8.01. The molecule has 2 atom stereocenters. The fourth-order valence-electron chi connectivity index (χ4n) is 0.793. The summed E-state index contributed by atoms with van der Waals surface area (Å²) in [6.07, 6.45) is 1.01. The number of hydrogen-bond acceptors (Lipinski definition) is 5. The third-order valence-corrected chi connectivity index (χ3v) is 3.77. The summed E-state index contributed by atoms with van der Waals surface area (Å²) in [4.78, 5) is 0. The number of thioether (sulfide) groups is 1. The lowest BCUT2D eigenvalue weighted by molar-refractivity contribution is 0.642. The van der Waals surface area contributed by atoms with Gasteiger partial charge in [0.2, 0.25) is 0 Å². The molecule has 1 aromatic heterocycles. The Bertz CT molecular complexity index is 212. The number of rotatable bonds is 4. The molecule has 0 radical (unpaired) electrons. The van der Waals surface area contributed by atoms with Gasteiger partial charge in [-0.3, -0.25) is 0 Å². The first-order valence-electron chi connectivity index (χ1n) is 3.92. The molecule has 68 valence electrons. The zero-order valence-corrected chi connectivity index (χ0v) is 8.86. The van der Waals surface area contributed by atoms with E-state index >= 15 is 0 Å². The third-order valence-electron chi connectivity index (χ3n) is 1.70. The van der Waals surface area contributed by atoms with Gasteiger partial charge in [0.05, 0.1) is 0 Å². The van der Waals surface area contributed by atoms with Gasteiger partial charge in [-0.15, -0.1) is 10.2 Å². The molecule has 0 amide bonds. The Labute approximate surface area is 80.8 Å². The molecule has 3 nitrogen and oxygen atoms in total. The zero-order valence-electron chi connectivity index (χ0n) is 7.23. The average Bonchev–Trinajstić information content (AvgIpc) is 2.55. The number of nitrogens with two attached hydrogens (primary N) is 1. The van der Waals surface area contributed by atoms with Crippen LogP contribution in [0.25, 0.3) is 0 Å². The average molecular weight is 203 g/mol. The molecular weight excluding hydrogens is 190 g/mol. The Morgan fingerprint density at radius 1 is 1.75 bits per heavy atom. The summed E-state index contributed by atoms with van der Waals surface area (Å²) in [6, 6.07) is 0.249. The first kappa shape index (κ1) is 9.95. The van der Waals surface area contributed by atoms with Crippen molar-refractivity contribution < 1.29 is 0 Å². The molecule has 1 rings (SSSR count). The quantitative estimate of drug-likeness (QED) is 0.758. The summed E-state index contributed by atoms with van der Waals surface area (Å²) in [5.74, 6) is 0. The maximum Gasteiger partial charge on any atom is 0.174 e. The molecule has 0 aliphatic heterocycles. The van der Waals surface area contributed by atoms with Gasteiger partial charge in [-0.1, -0.05) is 36.9 Å². The Morgan fingerprint density at radius 2 is 2.50 bits per heavy atom. The molecule has 12 heavy (non-hydrogen) atoms. The van der Waals surface area contributed by atoms with Crippen LogP contribution in [-0.4, -0.2) is 21.5 Å². The van der Waals surface area contributed by atoms with Crippen LogP contribution in [0.5, 0.6) is 0 Å². The topological polar surface area (TPSA) is 51.8 Å². The number of aromatic nitrogens is 2. The fraction of sp³-hybridized carbons (Fsp3) is 0.714. The highest BCUT2D eigenvalue weighted by Crippen LogP contribution is 2.25. The van der Waals surface area contributed by atoms with Crippen molar-refractivity contribution in [2.45, 2.75) is 35.9 Å². The van der Waals surface area contributed by atoms with Crippen LogP contribution < -0.4 is 5.73 Å². The molecule has 0 aliphatic rings. The summed E-state index contributed by atoms with van der Waals surface area (Å²) in [7, 11) is 0. The standard InChI is InChI=1S/C7H13N3S2/c1-3-6(8)5(2)12-7-10-9-4-11-7/h4-6H,3,8H2,1-2H3. The van der Waals surface area contributed by atoms with Gasteiger partial charge in [0.1, 0.15) is 5.51 Å². The fourth-order valence-corrected chi connectivity index (χ4v) is 2.66. The van der Waals surface area contributed by atoms with E-state index in [-0.39, 0.29) is 6.04 Å². The Kier molecular flexibility index (Phi) is 3.97. The van der Waals surface area contributed by atoms with Gasteiger partial charge in [0, 0.05) is 11.3 Å². The maximum atomic E-state index is 5.87. The van der Waals surface area contributed by atoms with E-state index in [2.05, 4.69) is 24.0 Å². The van der Waals surface area contributed by atoms with Gasteiger partial charge in [-0.25, -0.2) is 0 Å². The van der Waals surface area contributed by atoms with Crippen LogP contribution in [0.4, 0.5) is 0 Å². The predicted molar refractivity (Wildman–Crippen MR) is 53.5 cm³/mol. The third kappa shape index (κ3) is 2.73. The molecule has 2 unspecified atom stereocenters. The van der Waals surface area contributed by atoms with Crippen molar-refractivity contribution in [1.29, 1.82) is 0 Å². The van der Waals surface area contributed by atoms with E-state index in [0.29, 0.717) is 5.25 Å². The van der Waals surface area contributed by atoms with Crippen LogP contribution in [0.1, 0.15) is 20.3 Å². The van der Waals surface area contributed by atoms with Gasteiger partial charge >= 0.3 is 0 Å². The largest absolute Gasteiger partial charge is 0.327 e. The van der Waals surface area contributed by atoms with Crippen LogP contribution >= 0.6 is 23.1 Å². The van der Waals surface area contributed by atoms with Crippen molar-refractivity contribution in [3.05, 3.63) is 5.51 Å². The molecule has 0 saturated heterocycles. The molecular formula is C7H13N3S2. The summed E-state index contributed by atoms with van der Waals surface area (Å²) in [5, 5.41) is 8.14. The molecule has 1 aromatic rings. The van der Waals surface area contributed by atoms with Crippen LogP contribution in [0.3, 0.4) is 0 Å². The second-order valence-corrected chi connectivity index (χ2v) is 5.06. The van der Waals surface area contributed by atoms with Crippen molar-refractivity contribution in [3.63, 3.8) is 0 Å². The van der Waals surface area contributed by atoms with Gasteiger partial charge < -0.3 is 5.73 Å². The van der Waals surface area contributed by atoms with Crippen LogP contribution in [-0.2, 0) is 0 Å². The molecule has 0 aliphatic carbocycles. The minimum absolute atomic E-state index is 0.249. The second-order valence-electron chi connectivity index (χ2n) is 2.60. The second kappa shape index (κ2) is 4.79. The first-order chi connectivity index (χ1) is 5.74. The number of nitrogens with zero attached hydrogens (tertiary/aromatic N) is 2. The SMILES string of the molecule is CCC(N)C(C)Sc1nncs1. The first-order valence-corrected chi connectivity index (χ1v) is 5.68. The highest BCUT2D eigenvalue weighted by atomic mass is 32.2. The highest BCUT2D eigenvalue weighted by Gasteiger charge is 2.13. The van der Waals surface area contributed by atoms with E-state index in [1.54, 1.807) is 28.6 Å². The lowest BCUT2D eigenvalue weighted by atomic mass is 10.2. The van der Waals surface area contributed by atoms with Gasteiger partial charge in [0.15, 0.2) is 4.34 Å². The van der Waals surface area contributed by atoms with E-state index in [1.165, 1.54) is 0 Å². The Hall–Kier alpha value is -0.130. The summed E-state index contributed by atoms with van der Waals surface area (Å²) < 4.78 is 1.01. The van der Waals surface area contributed by atoms with Crippen molar-refractivity contribution in [2.75, 3.05) is 0 Å². The smallest absolute Gasteiger partial charge is 0.174 e. The number of hydrogen-bond donors (Lipinski definition) is 1. The van der Waals surface area contributed by atoms with Gasteiger partial charge in [-0.2, -0.15) is 0 Å². The van der Waals surface area contributed by atoms with E-state index < -0.39 is 0 Å². The van der Waals surface area contributed by atoms with Crippen LogP contribution in [0.15, 0.2) is 9.85 Å². The summed E-state index contributed by atoms with van der Waals surface area (Å²) >= 11 is 3.27.